The molecule has 0 atom stereocenters. The standard InChI is InChI=1S/C39H21N5/c40-22-31-27-9-1-5-13-33(27)42-39(32(31)23-41)44-36-16-8-4-12-30(36)38-26-19-18-25(21-24(26)17-20-37(38)44)43-34-14-6-2-10-28(34)29-11-3-7-15-35(29)43/h1-21H. The number of nitriles is 2. The first-order valence-electron chi connectivity index (χ1n) is 14.4. The van der Waals surface area contributed by atoms with Crippen molar-refractivity contribution < 1.29 is 0 Å². The van der Waals surface area contributed by atoms with Crippen LogP contribution in [-0.4, -0.2) is 14.1 Å². The van der Waals surface area contributed by atoms with Crippen LogP contribution in [0, 0.1) is 22.7 Å². The zero-order chi connectivity index (χ0) is 29.4. The number of benzene rings is 6. The summed E-state index contributed by atoms with van der Waals surface area (Å²) in [7, 11) is 0. The monoisotopic (exact) mass is 559 g/mol. The first-order chi connectivity index (χ1) is 21.8. The molecule has 0 saturated carbocycles. The molecule has 202 valence electrons. The van der Waals surface area contributed by atoms with Crippen LogP contribution in [0.15, 0.2) is 127 Å². The molecule has 0 amide bonds. The van der Waals surface area contributed by atoms with E-state index in [2.05, 4.69) is 108 Å². The van der Waals surface area contributed by atoms with Crippen molar-refractivity contribution in [3.8, 4) is 23.6 Å². The van der Waals surface area contributed by atoms with Gasteiger partial charge >= 0.3 is 0 Å². The van der Waals surface area contributed by atoms with E-state index in [1.165, 1.54) is 21.8 Å². The van der Waals surface area contributed by atoms with E-state index in [1.807, 2.05) is 41.0 Å². The van der Waals surface area contributed by atoms with Crippen LogP contribution in [0.3, 0.4) is 0 Å². The second-order valence-corrected chi connectivity index (χ2v) is 11.0. The molecular formula is C39H21N5. The molecule has 3 aromatic heterocycles. The molecule has 9 aromatic rings. The second-order valence-electron chi connectivity index (χ2n) is 11.0. The van der Waals surface area contributed by atoms with E-state index in [0.29, 0.717) is 22.3 Å². The quantitative estimate of drug-likeness (QED) is 0.212. The van der Waals surface area contributed by atoms with Crippen molar-refractivity contribution in [3.05, 3.63) is 139 Å². The molecule has 0 saturated heterocycles. The van der Waals surface area contributed by atoms with Crippen molar-refractivity contribution >= 4 is 65.3 Å². The first kappa shape index (κ1) is 24.2. The lowest BCUT2D eigenvalue weighted by molar-refractivity contribution is 1.09. The van der Waals surface area contributed by atoms with Crippen molar-refractivity contribution in [1.82, 2.24) is 14.1 Å². The molecule has 0 bridgehead atoms. The van der Waals surface area contributed by atoms with Gasteiger partial charge in [0.15, 0.2) is 5.82 Å². The van der Waals surface area contributed by atoms with E-state index in [0.717, 1.165) is 38.3 Å². The highest BCUT2D eigenvalue weighted by atomic mass is 15.1. The minimum atomic E-state index is 0.274. The summed E-state index contributed by atoms with van der Waals surface area (Å²) < 4.78 is 4.37. The van der Waals surface area contributed by atoms with E-state index in [9.17, 15) is 10.5 Å². The fourth-order valence-corrected chi connectivity index (χ4v) is 6.94. The molecule has 3 heterocycles. The fraction of sp³-hybridized carbons (Fsp3) is 0. The Kier molecular flexibility index (Phi) is 4.97. The lowest BCUT2D eigenvalue weighted by Crippen LogP contribution is -2.04. The van der Waals surface area contributed by atoms with E-state index in [4.69, 9.17) is 4.98 Å². The Labute approximate surface area is 251 Å². The number of hydrogen-bond acceptors (Lipinski definition) is 3. The number of para-hydroxylation sites is 4. The van der Waals surface area contributed by atoms with Crippen LogP contribution in [0.2, 0.25) is 0 Å². The van der Waals surface area contributed by atoms with Gasteiger partial charge < -0.3 is 4.57 Å². The molecule has 0 unspecified atom stereocenters. The molecule has 0 radical (unpaired) electrons. The molecule has 5 heteroatoms. The molecule has 0 aliphatic heterocycles. The van der Waals surface area contributed by atoms with Gasteiger partial charge in [-0.05, 0) is 53.2 Å². The van der Waals surface area contributed by atoms with Crippen LogP contribution in [0.4, 0.5) is 0 Å². The summed E-state index contributed by atoms with van der Waals surface area (Å²) in [5.41, 5.74) is 6.61. The number of rotatable bonds is 2. The van der Waals surface area contributed by atoms with E-state index in [1.54, 1.807) is 0 Å². The third-order valence-corrected chi connectivity index (χ3v) is 8.78. The Hall–Kier alpha value is -6.43. The molecule has 0 spiro atoms. The van der Waals surface area contributed by atoms with Gasteiger partial charge in [-0.3, -0.25) is 4.57 Å². The zero-order valence-electron chi connectivity index (χ0n) is 23.4. The van der Waals surface area contributed by atoms with Gasteiger partial charge in [0.25, 0.3) is 0 Å². The Balaban J connectivity index is 1.36. The summed E-state index contributed by atoms with van der Waals surface area (Å²) >= 11 is 0. The average Bonchev–Trinajstić information content (AvgIpc) is 3.60. The summed E-state index contributed by atoms with van der Waals surface area (Å²) in [5.74, 6) is 0.468. The van der Waals surface area contributed by atoms with Crippen LogP contribution in [0.5, 0.6) is 0 Å². The number of hydrogen-bond donors (Lipinski definition) is 0. The van der Waals surface area contributed by atoms with Gasteiger partial charge in [0, 0.05) is 32.6 Å². The predicted octanol–water partition coefficient (Wildman–Crippen LogP) is 9.33. The van der Waals surface area contributed by atoms with Crippen LogP contribution in [-0.2, 0) is 0 Å². The number of pyridine rings is 1. The van der Waals surface area contributed by atoms with Gasteiger partial charge in [0.2, 0.25) is 0 Å². The Morgan fingerprint density at radius 2 is 1.07 bits per heavy atom. The maximum absolute atomic E-state index is 10.3. The third kappa shape index (κ3) is 3.18. The Morgan fingerprint density at radius 1 is 0.477 bits per heavy atom. The van der Waals surface area contributed by atoms with Crippen LogP contribution in [0.1, 0.15) is 11.1 Å². The average molecular weight is 560 g/mol. The molecule has 0 fully saturated rings. The molecule has 0 N–H and O–H groups in total. The van der Waals surface area contributed by atoms with Gasteiger partial charge in [0.1, 0.15) is 17.7 Å². The van der Waals surface area contributed by atoms with Crippen LogP contribution in [0.25, 0.3) is 76.8 Å². The maximum atomic E-state index is 10.3. The topological polar surface area (TPSA) is 70.3 Å². The second kappa shape index (κ2) is 9.03. The normalized spacial score (nSPS) is 11.6. The summed E-state index contributed by atoms with van der Waals surface area (Å²) in [6.45, 7) is 0. The number of aromatic nitrogens is 3. The Bertz CT molecular complexity index is 2690. The third-order valence-electron chi connectivity index (χ3n) is 8.78. The summed E-state index contributed by atoms with van der Waals surface area (Å²) in [6, 6.07) is 48.3. The summed E-state index contributed by atoms with van der Waals surface area (Å²) in [6.07, 6.45) is 0. The van der Waals surface area contributed by atoms with Crippen LogP contribution >= 0.6 is 0 Å². The summed E-state index contributed by atoms with van der Waals surface area (Å²) in [5, 5.41) is 28.0. The summed E-state index contributed by atoms with van der Waals surface area (Å²) in [4.78, 5) is 4.97. The van der Waals surface area contributed by atoms with Gasteiger partial charge in [-0.25, -0.2) is 4.98 Å². The SMILES string of the molecule is N#Cc1c(-n2c3ccccc3c3c4ccc(-n5c6ccccc6c6ccccc65)cc4ccc32)nc2ccccc2c1C#N. The molecule has 9 rings (SSSR count). The van der Waals surface area contributed by atoms with Gasteiger partial charge in [-0.2, -0.15) is 10.5 Å². The minimum Gasteiger partial charge on any atom is -0.309 e. The molecule has 5 nitrogen and oxygen atoms in total. The smallest absolute Gasteiger partial charge is 0.157 e. The highest BCUT2D eigenvalue weighted by Gasteiger charge is 2.22. The van der Waals surface area contributed by atoms with Crippen LogP contribution < -0.4 is 0 Å². The van der Waals surface area contributed by atoms with E-state index < -0.39 is 0 Å². The minimum absolute atomic E-state index is 0.274. The molecular weight excluding hydrogens is 538 g/mol. The molecule has 44 heavy (non-hydrogen) atoms. The number of nitrogens with zero attached hydrogens (tertiary/aromatic N) is 5. The van der Waals surface area contributed by atoms with Crippen molar-refractivity contribution in [2.45, 2.75) is 0 Å². The highest BCUT2D eigenvalue weighted by molar-refractivity contribution is 6.21. The van der Waals surface area contributed by atoms with Gasteiger partial charge in [-0.15, -0.1) is 0 Å². The van der Waals surface area contributed by atoms with Gasteiger partial charge in [0.05, 0.1) is 33.1 Å². The lowest BCUT2D eigenvalue weighted by atomic mass is 10.0. The van der Waals surface area contributed by atoms with Crippen molar-refractivity contribution in [2.24, 2.45) is 0 Å². The van der Waals surface area contributed by atoms with Crippen molar-refractivity contribution in [3.63, 3.8) is 0 Å². The van der Waals surface area contributed by atoms with Gasteiger partial charge in [-0.1, -0.05) is 84.9 Å². The van der Waals surface area contributed by atoms with Crippen molar-refractivity contribution in [2.75, 3.05) is 0 Å². The Morgan fingerprint density at radius 3 is 1.75 bits per heavy atom. The largest absolute Gasteiger partial charge is 0.309 e. The molecule has 6 aromatic carbocycles. The highest BCUT2D eigenvalue weighted by Crippen LogP contribution is 2.39. The maximum Gasteiger partial charge on any atom is 0.157 e. The van der Waals surface area contributed by atoms with E-state index in [-0.39, 0.29) is 5.56 Å². The van der Waals surface area contributed by atoms with E-state index >= 15 is 0 Å². The lowest BCUT2D eigenvalue weighted by Gasteiger charge is -2.13. The number of fused-ring (bicyclic) bond motifs is 9. The molecule has 0 aliphatic carbocycles. The predicted molar refractivity (Wildman–Crippen MR) is 177 cm³/mol. The zero-order valence-corrected chi connectivity index (χ0v) is 23.4. The van der Waals surface area contributed by atoms with Crippen molar-refractivity contribution in [1.29, 1.82) is 10.5 Å². The fourth-order valence-electron chi connectivity index (χ4n) is 6.94. The first-order valence-corrected chi connectivity index (χ1v) is 14.4. The molecule has 0 aliphatic rings.